The number of nitrogens with zero attached hydrogens (tertiary/aromatic N) is 2. The summed E-state index contributed by atoms with van der Waals surface area (Å²) in [5, 5.41) is 0. The second kappa shape index (κ2) is 13.6. The van der Waals surface area contributed by atoms with Crippen molar-refractivity contribution in [3.8, 4) is 20.9 Å². The SMILES string of the molecule is Cc1ccc(N(c2ccc(C)cc2)c2ccc(-c3ccc(-c4ccc(N(c5ccc(C)cc5)c5ccc(C)cc5)cc4C)s3)c(C)c2)cc1. The largest absolute Gasteiger partial charge is 0.310 e. The van der Waals surface area contributed by atoms with Gasteiger partial charge in [-0.2, -0.15) is 0 Å². The van der Waals surface area contributed by atoms with Gasteiger partial charge in [-0.3, -0.25) is 0 Å². The van der Waals surface area contributed by atoms with E-state index in [2.05, 4.69) is 197 Å². The minimum absolute atomic E-state index is 1.15. The van der Waals surface area contributed by atoms with Gasteiger partial charge in [-0.05, 0) is 149 Å². The molecule has 0 aliphatic carbocycles. The summed E-state index contributed by atoms with van der Waals surface area (Å²) in [5.74, 6) is 0. The fraction of sp³-hybridized carbons (Fsp3) is 0.130. The highest BCUT2D eigenvalue weighted by molar-refractivity contribution is 7.18. The van der Waals surface area contributed by atoms with Crippen LogP contribution in [-0.2, 0) is 0 Å². The van der Waals surface area contributed by atoms with E-state index in [1.54, 1.807) is 0 Å². The number of benzene rings is 6. The first-order valence-corrected chi connectivity index (χ1v) is 17.7. The lowest BCUT2D eigenvalue weighted by molar-refractivity contribution is 1.26. The molecule has 0 atom stereocenters. The molecule has 6 aromatic carbocycles. The molecular formula is C46H42N2S. The summed E-state index contributed by atoms with van der Waals surface area (Å²) in [5.41, 5.74) is 17.0. The molecule has 1 aromatic heterocycles. The van der Waals surface area contributed by atoms with Crippen LogP contribution in [0, 0.1) is 41.5 Å². The van der Waals surface area contributed by atoms with Crippen molar-refractivity contribution in [3.63, 3.8) is 0 Å². The molecule has 242 valence electrons. The molecule has 0 aliphatic heterocycles. The van der Waals surface area contributed by atoms with Gasteiger partial charge in [0.15, 0.2) is 0 Å². The van der Waals surface area contributed by atoms with Crippen LogP contribution in [0.4, 0.5) is 34.1 Å². The second-order valence-corrected chi connectivity index (χ2v) is 14.3. The van der Waals surface area contributed by atoms with Crippen LogP contribution in [0.1, 0.15) is 33.4 Å². The molecule has 7 aromatic rings. The summed E-state index contributed by atoms with van der Waals surface area (Å²) in [7, 11) is 0. The average Bonchev–Trinajstić information content (AvgIpc) is 3.58. The van der Waals surface area contributed by atoms with Gasteiger partial charge < -0.3 is 9.80 Å². The van der Waals surface area contributed by atoms with Crippen LogP contribution in [0.2, 0.25) is 0 Å². The maximum absolute atomic E-state index is 2.34. The highest BCUT2D eigenvalue weighted by Crippen LogP contribution is 2.42. The summed E-state index contributed by atoms with van der Waals surface area (Å²) in [6.07, 6.45) is 0. The fourth-order valence-corrected chi connectivity index (χ4v) is 7.61. The number of hydrogen-bond donors (Lipinski definition) is 0. The average molecular weight is 655 g/mol. The fourth-order valence-electron chi connectivity index (χ4n) is 6.42. The Labute approximate surface area is 295 Å². The summed E-state index contributed by atoms with van der Waals surface area (Å²) in [6, 6.07) is 53.4. The van der Waals surface area contributed by atoms with Gasteiger partial charge >= 0.3 is 0 Å². The molecule has 0 radical (unpaired) electrons. The van der Waals surface area contributed by atoms with Gasteiger partial charge in [0.1, 0.15) is 0 Å². The summed E-state index contributed by atoms with van der Waals surface area (Å²) in [4.78, 5) is 7.25. The van der Waals surface area contributed by atoms with E-state index in [0.29, 0.717) is 0 Å². The predicted molar refractivity (Wildman–Crippen MR) is 213 cm³/mol. The third-order valence-corrected chi connectivity index (χ3v) is 10.4. The molecule has 0 bridgehead atoms. The Morgan fingerprint density at radius 2 is 0.571 bits per heavy atom. The minimum Gasteiger partial charge on any atom is -0.310 e. The predicted octanol–water partition coefficient (Wildman–Crippen LogP) is 13.9. The van der Waals surface area contributed by atoms with E-state index in [-0.39, 0.29) is 0 Å². The zero-order valence-corrected chi connectivity index (χ0v) is 30.0. The summed E-state index contributed by atoms with van der Waals surface area (Å²) < 4.78 is 0. The Balaban J connectivity index is 1.20. The van der Waals surface area contributed by atoms with E-state index in [4.69, 9.17) is 0 Å². The van der Waals surface area contributed by atoms with E-state index < -0.39 is 0 Å². The summed E-state index contributed by atoms with van der Waals surface area (Å²) >= 11 is 1.86. The smallest absolute Gasteiger partial charge is 0.0464 e. The minimum atomic E-state index is 1.15. The lowest BCUT2D eigenvalue weighted by Crippen LogP contribution is -2.10. The molecule has 49 heavy (non-hydrogen) atoms. The van der Waals surface area contributed by atoms with Gasteiger partial charge in [0.25, 0.3) is 0 Å². The van der Waals surface area contributed by atoms with E-state index >= 15 is 0 Å². The van der Waals surface area contributed by atoms with Crippen LogP contribution < -0.4 is 9.80 Å². The highest BCUT2D eigenvalue weighted by atomic mass is 32.1. The number of rotatable bonds is 8. The molecule has 0 N–H and O–H groups in total. The van der Waals surface area contributed by atoms with Crippen molar-refractivity contribution in [3.05, 3.63) is 179 Å². The number of hydrogen-bond acceptors (Lipinski definition) is 3. The van der Waals surface area contributed by atoms with Crippen molar-refractivity contribution in [2.45, 2.75) is 41.5 Å². The van der Waals surface area contributed by atoms with E-state index in [1.165, 1.54) is 54.3 Å². The zero-order valence-electron chi connectivity index (χ0n) is 29.2. The zero-order chi connectivity index (χ0) is 34.1. The topological polar surface area (TPSA) is 6.48 Å². The molecule has 0 amide bonds. The Bertz CT molecular complexity index is 1960. The van der Waals surface area contributed by atoms with Crippen LogP contribution >= 0.6 is 11.3 Å². The van der Waals surface area contributed by atoms with Crippen molar-refractivity contribution >= 4 is 45.5 Å². The number of thiophene rings is 1. The lowest BCUT2D eigenvalue weighted by atomic mass is 10.0. The van der Waals surface area contributed by atoms with E-state index in [0.717, 1.165) is 34.1 Å². The Kier molecular flexibility index (Phi) is 8.95. The van der Waals surface area contributed by atoms with E-state index in [1.807, 2.05) is 11.3 Å². The molecule has 1 heterocycles. The van der Waals surface area contributed by atoms with Crippen molar-refractivity contribution in [1.29, 1.82) is 0 Å². The molecule has 0 saturated heterocycles. The molecule has 0 fully saturated rings. The first kappa shape index (κ1) is 32.2. The maximum Gasteiger partial charge on any atom is 0.0464 e. The number of anilines is 6. The number of aryl methyl sites for hydroxylation is 6. The van der Waals surface area contributed by atoms with Crippen LogP contribution in [0.25, 0.3) is 20.9 Å². The van der Waals surface area contributed by atoms with Crippen LogP contribution in [0.3, 0.4) is 0 Å². The van der Waals surface area contributed by atoms with Gasteiger partial charge in [-0.15, -0.1) is 11.3 Å². The first-order valence-electron chi connectivity index (χ1n) is 16.9. The monoisotopic (exact) mass is 654 g/mol. The maximum atomic E-state index is 2.34. The molecule has 0 aliphatic rings. The third-order valence-electron chi connectivity index (χ3n) is 9.24. The molecule has 2 nitrogen and oxygen atoms in total. The van der Waals surface area contributed by atoms with E-state index in [9.17, 15) is 0 Å². The van der Waals surface area contributed by atoms with Crippen LogP contribution in [0.5, 0.6) is 0 Å². The second-order valence-electron chi connectivity index (χ2n) is 13.2. The molecule has 0 saturated carbocycles. The third kappa shape index (κ3) is 6.81. The molecule has 0 spiro atoms. The van der Waals surface area contributed by atoms with Gasteiger partial charge in [-0.25, -0.2) is 0 Å². The molecule has 0 unspecified atom stereocenters. The van der Waals surface area contributed by atoms with Crippen molar-refractivity contribution in [1.82, 2.24) is 0 Å². The Morgan fingerprint density at radius 1 is 0.306 bits per heavy atom. The van der Waals surface area contributed by atoms with Crippen molar-refractivity contribution < 1.29 is 0 Å². The normalized spacial score (nSPS) is 11.1. The first-order chi connectivity index (χ1) is 23.7. The summed E-state index contributed by atoms with van der Waals surface area (Å²) in [6.45, 7) is 13.0. The standard InChI is InChI=1S/C46H42N2S/c1-31-7-15-37(16-8-31)47(38-17-9-32(2)10-18-38)41-23-25-43(35(5)29-41)45-27-28-46(49-45)44-26-24-42(30-36(44)6)48(39-19-11-33(3)12-20-39)40-21-13-34(4)14-22-40/h7-30H,1-6H3. The lowest BCUT2D eigenvalue weighted by Gasteiger charge is -2.26. The van der Waals surface area contributed by atoms with Gasteiger partial charge in [-0.1, -0.05) is 82.9 Å². The van der Waals surface area contributed by atoms with Gasteiger partial charge in [0.05, 0.1) is 0 Å². The molecule has 3 heteroatoms. The van der Waals surface area contributed by atoms with Crippen molar-refractivity contribution in [2.24, 2.45) is 0 Å². The highest BCUT2D eigenvalue weighted by Gasteiger charge is 2.17. The van der Waals surface area contributed by atoms with Gasteiger partial charge in [0, 0.05) is 43.9 Å². The molecular weight excluding hydrogens is 613 g/mol. The Morgan fingerprint density at radius 3 is 0.837 bits per heavy atom. The Hall–Kier alpha value is -5.38. The molecule has 7 rings (SSSR count). The van der Waals surface area contributed by atoms with Crippen LogP contribution in [-0.4, -0.2) is 0 Å². The van der Waals surface area contributed by atoms with Gasteiger partial charge in [0.2, 0.25) is 0 Å². The van der Waals surface area contributed by atoms with Crippen LogP contribution in [0.15, 0.2) is 146 Å². The quantitative estimate of drug-likeness (QED) is 0.161. The van der Waals surface area contributed by atoms with Crippen molar-refractivity contribution in [2.75, 3.05) is 9.80 Å².